The number of nitrogens with two attached hydrogens (primary N) is 1. The average molecular weight is 277 g/mol. The molecule has 0 saturated heterocycles. The summed E-state index contributed by atoms with van der Waals surface area (Å²) in [6.07, 6.45) is 3.05. The van der Waals surface area contributed by atoms with Crippen molar-refractivity contribution in [3.05, 3.63) is 47.6 Å². The lowest BCUT2D eigenvalue weighted by Gasteiger charge is -2.06. The molecule has 0 radical (unpaired) electrons. The van der Waals surface area contributed by atoms with Gasteiger partial charge in [-0.15, -0.1) is 0 Å². The predicted molar refractivity (Wildman–Crippen MR) is 71.4 cm³/mol. The van der Waals surface area contributed by atoms with Crippen LogP contribution < -0.4 is 11.1 Å². The zero-order valence-corrected chi connectivity index (χ0v) is 11.1. The van der Waals surface area contributed by atoms with Gasteiger partial charge in [0.25, 0.3) is 5.91 Å². The van der Waals surface area contributed by atoms with Gasteiger partial charge in [0.15, 0.2) is 0 Å². The van der Waals surface area contributed by atoms with Crippen LogP contribution in [-0.4, -0.2) is 27.0 Å². The highest BCUT2D eigenvalue weighted by atomic mass is 19.1. The Labute approximate surface area is 115 Å². The maximum atomic E-state index is 13.4. The van der Waals surface area contributed by atoms with Gasteiger partial charge in [-0.2, -0.15) is 0 Å². The lowest BCUT2D eigenvalue weighted by atomic mass is 10.3. The molecule has 0 aromatic carbocycles. The molecule has 0 saturated carbocycles. The summed E-state index contributed by atoms with van der Waals surface area (Å²) in [6.45, 7) is 2.88. The number of halogens is 1. The minimum absolute atomic E-state index is 0.0225. The van der Waals surface area contributed by atoms with Crippen LogP contribution in [0.25, 0.3) is 0 Å². The third-order valence-electron chi connectivity index (χ3n) is 2.94. The molecule has 2 rings (SSSR count). The van der Waals surface area contributed by atoms with Crippen LogP contribution in [0, 0.1) is 12.7 Å². The monoisotopic (exact) mass is 277 g/mol. The van der Waals surface area contributed by atoms with Crippen molar-refractivity contribution in [3.63, 3.8) is 0 Å². The van der Waals surface area contributed by atoms with Crippen molar-refractivity contribution in [1.29, 1.82) is 0 Å². The fraction of sp³-hybridized carbons (Fsp3) is 0.308. The van der Waals surface area contributed by atoms with Crippen LogP contribution in [-0.2, 0) is 13.1 Å². The first-order valence-electron chi connectivity index (χ1n) is 6.23. The molecular weight excluding hydrogens is 261 g/mol. The van der Waals surface area contributed by atoms with Gasteiger partial charge < -0.3 is 15.6 Å². The second-order valence-electron chi connectivity index (χ2n) is 4.28. The third kappa shape index (κ3) is 3.00. The number of hydrogen-bond acceptors (Lipinski definition) is 4. The van der Waals surface area contributed by atoms with Crippen molar-refractivity contribution >= 4 is 5.91 Å². The first-order chi connectivity index (χ1) is 9.63. The van der Waals surface area contributed by atoms with Gasteiger partial charge in [0.05, 0.1) is 18.6 Å². The number of pyridine rings is 1. The topological polar surface area (TPSA) is 85.8 Å². The van der Waals surface area contributed by atoms with Crippen molar-refractivity contribution in [2.75, 3.05) is 6.54 Å². The van der Waals surface area contributed by atoms with E-state index < -0.39 is 5.82 Å². The Morgan fingerprint density at radius 3 is 3.00 bits per heavy atom. The van der Waals surface area contributed by atoms with Gasteiger partial charge in [-0.25, -0.2) is 9.37 Å². The quantitative estimate of drug-likeness (QED) is 0.838. The highest BCUT2D eigenvalue weighted by Gasteiger charge is 2.15. The number of carbonyl (C=O) groups is 1. The maximum absolute atomic E-state index is 13.4. The lowest BCUT2D eigenvalue weighted by molar-refractivity contribution is 0.0944. The maximum Gasteiger partial charge on any atom is 0.272 e. The lowest BCUT2D eigenvalue weighted by Crippen LogP contribution is -2.25. The van der Waals surface area contributed by atoms with Crippen molar-refractivity contribution < 1.29 is 9.18 Å². The summed E-state index contributed by atoms with van der Waals surface area (Å²) >= 11 is 0. The van der Waals surface area contributed by atoms with Gasteiger partial charge in [0.2, 0.25) is 0 Å². The van der Waals surface area contributed by atoms with Gasteiger partial charge in [0.1, 0.15) is 11.5 Å². The highest BCUT2D eigenvalue weighted by molar-refractivity contribution is 5.93. The fourth-order valence-electron chi connectivity index (χ4n) is 1.83. The molecule has 0 spiro atoms. The fourth-order valence-corrected chi connectivity index (χ4v) is 1.83. The zero-order chi connectivity index (χ0) is 14.5. The summed E-state index contributed by atoms with van der Waals surface area (Å²) in [5, 5.41) is 2.60. The number of aromatic nitrogens is 3. The van der Waals surface area contributed by atoms with E-state index in [-0.39, 0.29) is 18.1 Å². The molecule has 20 heavy (non-hydrogen) atoms. The summed E-state index contributed by atoms with van der Waals surface area (Å²) in [6, 6.07) is 2.80. The minimum Gasteiger partial charge on any atom is -0.345 e. The highest BCUT2D eigenvalue weighted by Crippen LogP contribution is 2.07. The average Bonchev–Trinajstić information content (AvgIpc) is 2.80. The molecule has 106 valence electrons. The van der Waals surface area contributed by atoms with Crippen molar-refractivity contribution in [2.45, 2.75) is 20.0 Å². The van der Waals surface area contributed by atoms with Gasteiger partial charge in [-0.3, -0.25) is 9.78 Å². The van der Waals surface area contributed by atoms with E-state index in [0.29, 0.717) is 18.8 Å². The van der Waals surface area contributed by atoms with E-state index in [1.54, 1.807) is 17.8 Å². The molecule has 2 heterocycles. The normalized spacial score (nSPS) is 10.6. The number of carbonyl (C=O) groups excluding carboxylic acids is 1. The Morgan fingerprint density at radius 1 is 1.50 bits per heavy atom. The molecule has 0 atom stereocenters. The molecule has 7 heteroatoms. The molecule has 1 amide bonds. The smallest absolute Gasteiger partial charge is 0.272 e. The van der Waals surface area contributed by atoms with E-state index in [9.17, 15) is 9.18 Å². The predicted octanol–water partition coefficient (Wildman–Crippen LogP) is 0.614. The SMILES string of the molecule is Cc1c(C(=O)NCc2ncccc2F)ncn1CCN. The summed E-state index contributed by atoms with van der Waals surface area (Å²) < 4.78 is 15.2. The Morgan fingerprint density at radius 2 is 2.30 bits per heavy atom. The zero-order valence-electron chi connectivity index (χ0n) is 11.1. The molecule has 3 N–H and O–H groups in total. The molecule has 2 aromatic heterocycles. The number of amides is 1. The van der Waals surface area contributed by atoms with E-state index in [2.05, 4.69) is 15.3 Å². The molecule has 0 bridgehead atoms. The van der Waals surface area contributed by atoms with Crippen LogP contribution in [0.5, 0.6) is 0 Å². The molecule has 0 aliphatic carbocycles. The van der Waals surface area contributed by atoms with Crippen LogP contribution in [0.15, 0.2) is 24.7 Å². The summed E-state index contributed by atoms with van der Waals surface area (Å²) in [7, 11) is 0. The van der Waals surface area contributed by atoms with Crippen molar-refractivity contribution in [2.24, 2.45) is 5.73 Å². The summed E-state index contributed by atoms with van der Waals surface area (Å²) in [5.41, 5.74) is 6.71. The molecular formula is C13H16FN5O. The number of rotatable bonds is 5. The van der Waals surface area contributed by atoms with Crippen molar-refractivity contribution in [1.82, 2.24) is 19.9 Å². The molecule has 6 nitrogen and oxygen atoms in total. The van der Waals surface area contributed by atoms with Crippen LogP contribution >= 0.6 is 0 Å². The Hall–Kier alpha value is -2.28. The van der Waals surface area contributed by atoms with E-state index in [4.69, 9.17) is 5.73 Å². The Kier molecular flexibility index (Phi) is 4.41. The molecule has 0 unspecified atom stereocenters. The van der Waals surface area contributed by atoms with E-state index in [1.807, 2.05) is 0 Å². The number of hydrogen-bond donors (Lipinski definition) is 2. The summed E-state index contributed by atoms with van der Waals surface area (Å²) in [4.78, 5) is 19.9. The van der Waals surface area contributed by atoms with Gasteiger partial charge >= 0.3 is 0 Å². The number of nitrogens with zero attached hydrogens (tertiary/aromatic N) is 3. The second kappa shape index (κ2) is 6.25. The largest absolute Gasteiger partial charge is 0.345 e. The van der Waals surface area contributed by atoms with Crippen LogP contribution in [0.1, 0.15) is 21.9 Å². The summed E-state index contributed by atoms with van der Waals surface area (Å²) in [5.74, 6) is -0.804. The van der Waals surface area contributed by atoms with Crippen LogP contribution in [0.3, 0.4) is 0 Å². The first kappa shape index (κ1) is 14.1. The number of imidazole rings is 1. The van der Waals surface area contributed by atoms with Crippen molar-refractivity contribution in [3.8, 4) is 0 Å². The van der Waals surface area contributed by atoms with Gasteiger partial charge in [0, 0.05) is 25.0 Å². The Balaban J connectivity index is 2.04. The van der Waals surface area contributed by atoms with E-state index in [1.165, 1.54) is 18.3 Å². The Bertz CT molecular complexity index is 611. The van der Waals surface area contributed by atoms with E-state index >= 15 is 0 Å². The molecule has 0 fully saturated rings. The molecule has 2 aromatic rings. The third-order valence-corrected chi connectivity index (χ3v) is 2.94. The minimum atomic E-state index is -0.446. The number of nitrogens with one attached hydrogen (secondary N) is 1. The second-order valence-corrected chi connectivity index (χ2v) is 4.28. The van der Waals surface area contributed by atoms with Gasteiger partial charge in [-0.1, -0.05) is 0 Å². The van der Waals surface area contributed by atoms with Gasteiger partial charge in [-0.05, 0) is 19.1 Å². The molecule has 0 aliphatic rings. The van der Waals surface area contributed by atoms with E-state index in [0.717, 1.165) is 5.69 Å². The molecule has 0 aliphatic heterocycles. The van der Waals surface area contributed by atoms with Crippen LogP contribution in [0.4, 0.5) is 4.39 Å². The standard InChI is InChI=1S/C13H16FN5O/c1-9-12(18-8-19(9)6-4-15)13(20)17-7-11-10(14)3-2-5-16-11/h2-3,5,8H,4,6-7,15H2,1H3,(H,17,20). The first-order valence-corrected chi connectivity index (χ1v) is 6.23. The van der Waals surface area contributed by atoms with Crippen LogP contribution in [0.2, 0.25) is 0 Å².